The maximum Gasteiger partial charge on any atom is 0.213 e. The zero-order chi connectivity index (χ0) is 21.6. The third-order valence-electron chi connectivity index (χ3n) is 4.84. The molecule has 0 saturated carbocycles. The van der Waals surface area contributed by atoms with Crippen LogP contribution in [0.25, 0.3) is 0 Å². The van der Waals surface area contributed by atoms with Gasteiger partial charge in [0.05, 0.1) is 18.5 Å². The summed E-state index contributed by atoms with van der Waals surface area (Å²) in [5, 5.41) is 8.59. The van der Waals surface area contributed by atoms with Crippen molar-refractivity contribution < 1.29 is 14.4 Å². The maximum absolute atomic E-state index is 5.70. The summed E-state index contributed by atoms with van der Waals surface area (Å²) in [4.78, 5) is 20.3. The van der Waals surface area contributed by atoms with Gasteiger partial charge in [-0.1, -0.05) is 36.3 Å². The van der Waals surface area contributed by atoms with E-state index in [-0.39, 0.29) is 5.41 Å². The van der Waals surface area contributed by atoms with Gasteiger partial charge in [-0.2, -0.15) is 0 Å². The van der Waals surface area contributed by atoms with Crippen molar-refractivity contribution in [3.63, 3.8) is 0 Å². The number of oxime groups is 2. The van der Waals surface area contributed by atoms with E-state index < -0.39 is 0 Å². The van der Waals surface area contributed by atoms with Crippen LogP contribution in [0, 0.1) is 12.3 Å². The molecule has 3 rings (SSSR count). The van der Waals surface area contributed by atoms with E-state index >= 15 is 0 Å². The van der Waals surface area contributed by atoms with Gasteiger partial charge in [0.2, 0.25) is 5.88 Å². The molecule has 0 radical (unpaired) electrons. The van der Waals surface area contributed by atoms with E-state index in [0.29, 0.717) is 30.5 Å². The fraction of sp³-hybridized carbons (Fsp3) is 0.478. The summed E-state index contributed by atoms with van der Waals surface area (Å²) >= 11 is 0. The van der Waals surface area contributed by atoms with Crippen LogP contribution in [-0.4, -0.2) is 41.7 Å². The zero-order valence-corrected chi connectivity index (χ0v) is 18.4. The van der Waals surface area contributed by atoms with Gasteiger partial charge in [0, 0.05) is 17.2 Å². The molecule has 0 atom stereocenters. The molecule has 160 valence electrons. The predicted octanol–water partition coefficient (Wildman–Crippen LogP) is 4.32. The van der Waals surface area contributed by atoms with Crippen molar-refractivity contribution >= 4 is 11.4 Å². The molecule has 0 spiro atoms. The van der Waals surface area contributed by atoms with Gasteiger partial charge in [-0.25, -0.2) is 4.98 Å². The Morgan fingerprint density at radius 1 is 1.07 bits per heavy atom. The second-order valence-corrected chi connectivity index (χ2v) is 8.30. The van der Waals surface area contributed by atoms with E-state index in [1.807, 2.05) is 32.0 Å². The fourth-order valence-corrected chi connectivity index (χ4v) is 3.10. The topological polar surface area (TPSA) is 78.2 Å². The molecule has 2 aromatic rings. The highest BCUT2D eigenvalue weighted by molar-refractivity contribution is 6.00. The molecule has 0 fully saturated rings. The highest BCUT2D eigenvalue weighted by atomic mass is 16.6. The van der Waals surface area contributed by atoms with Crippen molar-refractivity contribution in [1.29, 1.82) is 0 Å². The summed E-state index contributed by atoms with van der Waals surface area (Å²) in [5.41, 5.74) is 5.28. The Balaban J connectivity index is 1.55. The molecule has 2 heterocycles. The van der Waals surface area contributed by atoms with Crippen molar-refractivity contribution in [2.24, 2.45) is 15.7 Å². The fourth-order valence-electron chi connectivity index (χ4n) is 3.10. The minimum absolute atomic E-state index is 0.257. The molecule has 7 heteroatoms. The average molecular weight is 411 g/mol. The Morgan fingerprint density at radius 3 is 2.67 bits per heavy atom. The van der Waals surface area contributed by atoms with Gasteiger partial charge in [0.1, 0.15) is 24.6 Å². The summed E-state index contributed by atoms with van der Waals surface area (Å²) in [6.45, 7) is 8.78. The Labute approximate surface area is 178 Å². The number of pyridine rings is 2. The van der Waals surface area contributed by atoms with Gasteiger partial charge in [-0.05, 0) is 50.8 Å². The number of rotatable bonds is 8. The molecule has 0 saturated heterocycles. The minimum atomic E-state index is -0.257. The molecule has 0 N–H and O–H groups in total. The van der Waals surface area contributed by atoms with Crippen molar-refractivity contribution in [3.05, 3.63) is 53.0 Å². The number of nitrogens with zero attached hydrogens (tertiary/aromatic N) is 4. The molecule has 1 aliphatic carbocycles. The first-order chi connectivity index (χ1) is 14.4. The van der Waals surface area contributed by atoms with Crippen molar-refractivity contribution in [2.45, 2.75) is 47.0 Å². The summed E-state index contributed by atoms with van der Waals surface area (Å²) in [6, 6.07) is 9.72. The van der Waals surface area contributed by atoms with Crippen LogP contribution in [0.2, 0.25) is 0 Å². The number of hydrogen-bond acceptors (Lipinski definition) is 7. The normalized spacial score (nSPS) is 15.6. The van der Waals surface area contributed by atoms with Gasteiger partial charge in [0.15, 0.2) is 0 Å². The Morgan fingerprint density at radius 2 is 1.87 bits per heavy atom. The molecule has 7 nitrogen and oxygen atoms in total. The van der Waals surface area contributed by atoms with E-state index in [9.17, 15) is 0 Å². The number of methoxy groups -OCH3 is 1. The van der Waals surface area contributed by atoms with Crippen LogP contribution < -0.4 is 4.74 Å². The molecule has 0 amide bonds. The molecule has 0 aromatic carbocycles. The smallest absolute Gasteiger partial charge is 0.213 e. The molecule has 0 bridgehead atoms. The lowest BCUT2D eigenvalue weighted by Gasteiger charge is -2.22. The van der Waals surface area contributed by atoms with Gasteiger partial charge in [0.25, 0.3) is 0 Å². The molecule has 0 aliphatic heterocycles. The van der Waals surface area contributed by atoms with Crippen LogP contribution in [-0.2, 0) is 16.1 Å². The Hall–Kier alpha value is -2.96. The maximum atomic E-state index is 5.70. The second-order valence-electron chi connectivity index (χ2n) is 8.30. The lowest BCUT2D eigenvalue weighted by atomic mass is 9.94. The minimum Gasteiger partial charge on any atom is -0.481 e. The van der Waals surface area contributed by atoms with Crippen LogP contribution in [0.5, 0.6) is 5.88 Å². The lowest BCUT2D eigenvalue weighted by Crippen LogP contribution is -2.24. The second kappa shape index (κ2) is 9.69. The zero-order valence-electron chi connectivity index (χ0n) is 18.4. The van der Waals surface area contributed by atoms with E-state index in [4.69, 9.17) is 14.4 Å². The van der Waals surface area contributed by atoms with Crippen LogP contribution in [0.15, 0.2) is 40.6 Å². The molecule has 0 unspecified atom stereocenters. The van der Waals surface area contributed by atoms with E-state index in [0.717, 1.165) is 36.4 Å². The standard InChI is InChI=1S/C23H30N4O3/c1-16-12-13-18-8-6-10-20(22(18)24-16)27-30-15-23(3,4)14-29-26-17(2)19-9-7-11-21(25-19)28-5/h7,9,11-13H,6,8,10,14-15H2,1-5H3. The van der Waals surface area contributed by atoms with Crippen LogP contribution in [0.4, 0.5) is 0 Å². The quantitative estimate of drug-likeness (QED) is 0.478. The largest absolute Gasteiger partial charge is 0.481 e. The van der Waals surface area contributed by atoms with Crippen molar-refractivity contribution in [1.82, 2.24) is 9.97 Å². The van der Waals surface area contributed by atoms with Crippen molar-refractivity contribution in [2.75, 3.05) is 20.3 Å². The van der Waals surface area contributed by atoms with Crippen LogP contribution >= 0.6 is 0 Å². The average Bonchev–Trinajstić information content (AvgIpc) is 2.73. The number of fused-ring (bicyclic) bond motifs is 1. The molecule has 30 heavy (non-hydrogen) atoms. The summed E-state index contributed by atoms with van der Waals surface area (Å²) in [5.74, 6) is 0.545. The highest BCUT2D eigenvalue weighted by Crippen LogP contribution is 2.22. The number of aromatic nitrogens is 2. The third-order valence-corrected chi connectivity index (χ3v) is 4.84. The number of hydrogen-bond donors (Lipinski definition) is 0. The first kappa shape index (κ1) is 21.7. The molecular formula is C23H30N4O3. The van der Waals surface area contributed by atoms with E-state index in [1.165, 1.54) is 5.56 Å². The number of aryl methyl sites for hydroxylation is 2. The monoisotopic (exact) mass is 410 g/mol. The SMILES string of the molecule is COc1cccc(C(C)=NOCC(C)(C)CON=C2CCCc3ccc(C)nc32)n1. The van der Waals surface area contributed by atoms with E-state index in [1.54, 1.807) is 13.2 Å². The summed E-state index contributed by atoms with van der Waals surface area (Å²) in [6.07, 6.45) is 3.00. The predicted molar refractivity (Wildman–Crippen MR) is 117 cm³/mol. The Bertz CT molecular complexity index is 938. The summed E-state index contributed by atoms with van der Waals surface area (Å²) < 4.78 is 5.15. The van der Waals surface area contributed by atoms with E-state index in [2.05, 4.69) is 40.2 Å². The molecular weight excluding hydrogens is 380 g/mol. The van der Waals surface area contributed by atoms with Crippen LogP contribution in [0.3, 0.4) is 0 Å². The van der Waals surface area contributed by atoms with Gasteiger partial charge in [-0.3, -0.25) is 4.98 Å². The third kappa shape index (κ3) is 5.78. The first-order valence-electron chi connectivity index (χ1n) is 10.2. The first-order valence-corrected chi connectivity index (χ1v) is 10.2. The van der Waals surface area contributed by atoms with Gasteiger partial charge >= 0.3 is 0 Å². The molecule has 2 aromatic heterocycles. The van der Waals surface area contributed by atoms with Crippen LogP contribution in [0.1, 0.15) is 56.3 Å². The Kier molecular flexibility index (Phi) is 7.03. The van der Waals surface area contributed by atoms with Gasteiger partial charge in [-0.15, -0.1) is 0 Å². The molecule has 1 aliphatic rings. The lowest BCUT2D eigenvalue weighted by molar-refractivity contribution is -0.000160. The number of ether oxygens (including phenoxy) is 1. The van der Waals surface area contributed by atoms with Gasteiger partial charge < -0.3 is 14.4 Å². The van der Waals surface area contributed by atoms with Crippen molar-refractivity contribution in [3.8, 4) is 5.88 Å². The summed E-state index contributed by atoms with van der Waals surface area (Å²) in [7, 11) is 1.59. The highest BCUT2D eigenvalue weighted by Gasteiger charge is 2.22.